The zero-order valence-electron chi connectivity index (χ0n) is 9.75. The summed E-state index contributed by atoms with van der Waals surface area (Å²) >= 11 is 4.63. The molecule has 2 rings (SSSR count). The molecule has 0 amide bonds. The molecule has 0 aliphatic heterocycles. The number of nitrogens with zero attached hydrogens (tertiary/aromatic N) is 4. The van der Waals surface area contributed by atoms with Gasteiger partial charge in [-0.05, 0) is 18.6 Å². The molecule has 0 aromatic carbocycles. The van der Waals surface area contributed by atoms with Crippen LogP contribution in [0.15, 0.2) is 29.5 Å². The Balaban J connectivity index is 2.18. The molecule has 0 saturated heterocycles. The van der Waals surface area contributed by atoms with Crippen molar-refractivity contribution in [3.63, 3.8) is 0 Å². The maximum absolute atomic E-state index is 13.7. The first kappa shape index (κ1) is 12.5. The van der Waals surface area contributed by atoms with Crippen molar-refractivity contribution in [2.24, 2.45) is 4.99 Å². The van der Waals surface area contributed by atoms with E-state index in [1.165, 1.54) is 11.6 Å². The van der Waals surface area contributed by atoms with Crippen LogP contribution in [0.4, 0.5) is 10.2 Å². The summed E-state index contributed by atoms with van der Waals surface area (Å²) < 4.78 is 15.3. The second kappa shape index (κ2) is 5.59. The summed E-state index contributed by atoms with van der Waals surface area (Å²) in [6, 6.07) is 3.36. The Hall–Kier alpha value is -1.95. The van der Waals surface area contributed by atoms with Gasteiger partial charge in [0.15, 0.2) is 5.82 Å². The molecule has 92 valence electrons. The zero-order chi connectivity index (χ0) is 13.0. The van der Waals surface area contributed by atoms with Crippen molar-refractivity contribution in [1.82, 2.24) is 14.8 Å². The van der Waals surface area contributed by atoms with Crippen LogP contribution in [0, 0.1) is 12.7 Å². The van der Waals surface area contributed by atoms with Gasteiger partial charge in [-0.15, -0.1) is 0 Å². The smallest absolute Gasteiger partial charge is 0.173 e. The fraction of sp³-hybridized carbons (Fsp3) is 0.167. The summed E-state index contributed by atoms with van der Waals surface area (Å²) in [5, 5.41) is 5.56. The molecule has 2 aromatic heterocycles. The Morgan fingerprint density at radius 3 is 3.11 bits per heavy atom. The minimum atomic E-state index is -0.294. The first-order valence-electron chi connectivity index (χ1n) is 5.32. The van der Waals surface area contributed by atoms with E-state index in [-0.39, 0.29) is 12.4 Å². The van der Waals surface area contributed by atoms with E-state index in [1.54, 1.807) is 36.1 Å². The second-order valence-electron chi connectivity index (χ2n) is 3.67. The van der Waals surface area contributed by atoms with E-state index in [1.807, 2.05) is 0 Å². The molecule has 0 radical (unpaired) electrons. The highest BCUT2D eigenvalue weighted by molar-refractivity contribution is 7.80. The van der Waals surface area contributed by atoms with Gasteiger partial charge in [-0.2, -0.15) is 5.10 Å². The SMILES string of the molecule is Cc1ccnc(Cn2ccc(N=CC=S)n2)c1F. The summed E-state index contributed by atoms with van der Waals surface area (Å²) in [4.78, 5) is 8.00. The van der Waals surface area contributed by atoms with Gasteiger partial charge in [0.1, 0.15) is 5.82 Å². The molecule has 0 spiro atoms. The monoisotopic (exact) mass is 262 g/mol. The number of thiocarbonyl (C=S) groups is 1. The quantitative estimate of drug-likeness (QED) is 0.628. The normalized spacial score (nSPS) is 11.0. The van der Waals surface area contributed by atoms with E-state index < -0.39 is 0 Å². The molecule has 2 heterocycles. The van der Waals surface area contributed by atoms with Gasteiger partial charge in [-0.1, -0.05) is 12.2 Å². The van der Waals surface area contributed by atoms with Crippen LogP contribution in [0.1, 0.15) is 11.3 Å². The molecule has 0 aliphatic rings. The third kappa shape index (κ3) is 2.84. The lowest BCUT2D eigenvalue weighted by Gasteiger charge is -2.04. The lowest BCUT2D eigenvalue weighted by molar-refractivity contribution is 0.564. The van der Waals surface area contributed by atoms with Gasteiger partial charge in [0.05, 0.1) is 12.2 Å². The molecule has 0 fully saturated rings. The first-order chi connectivity index (χ1) is 8.70. The maximum Gasteiger partial charge on any atom is 0.173 e. The molecule has 18 heavy (non-hydrogen) atoms. The van der Waals surface area contributed by atoms with Crippen LogP contribution in [-0.4, -0.2) is 26.3 Å². The van der Waals surface area contributed by atoms with Crippen molar-refractivity contribution in [3.8, 4) is 0 Å². The Bertz CT molecular complexity index is 592. The van der Waals surface area contributed by atoms with Crippen molar-refractivity contribution in [1.29, 1.82) is 0 Å². The van der Waals surface area contributed by atoms with Crippen molar-refractivity contribution < 1.29 is 4.39 Å². The predicted octanol–water partition coefficient (Wildman–Crippen LogP) is 2.48. The van der Waals surface area contributed by atoms with Crippen LogP contribution in [-0.2, 0) is 6.54 Å². The molecule has 2 aromatic rings. The Morgan fingerprint density at radius 2 is 2.33 bits per heavy atom. The largest absolute Gasteiger partial charge is 0.264 e. The number of hydrogen-bond donors (Lipinski definition) is 0. The van der Waals surface area contributed by atoms with Crippen LogP contribution in [0.5, 0.6) is 0 Å². The third-order valence-electron chi connectivity index (χ3n) is 2.36. The summed E-state index contributed by atoms with van der Waals surface area (Å²) in [6.45, 7) is 1.99. The highest BCUT2D eigenvalue weighted by Gasteiger charge is 2.07. The second-order valence-corrected chi connectivity index (χ2v) is 3.95. The minimum Gasteiger partial charge on any atom is -0.264 e. The summed E-state index contributed by atoms with van der Waals surface area (Å²) in [5.74, 6) is 0.237. The first-order valence-corrected chi connectivity index (χ1v) is 5.79. The number of aromatic nitrogens is 3. The van der Waals surface area contributed by atoms with Crippen molar-refractivity contribution in [2.75, 3.05) is 0 Å². The Morgan fingerprint density at radius 1 is 1.50 bits per heavy atom. The number of pyridine rings is 1. The lowest BCUT2D eigenvalue weighted by Crippen LogP contribution is -2.05. The third-order valence-corrected chi connectivity index (χ3v) is 2.48. The molecule has 0 N–H and O–H groups in total. The molecule has 0 aliphatic carbocycles. The van der Waals surface area contributed by atoms with Gasteiger partial charge in [-0.25, -0.2) is 9.38 Å². The van der Waals surface area contributed by atoms with Crippen molar-refractivity contribution in [2.45, 2.75) is 13.5 Å². The van der Waals surface area contributed by atoms with Gasteiger partial charge in [0.25, 0.3) is 0 Å². The molecule has 0 atom stereocenters. The topological polar surface area (TPSA) is 43.1 Å². The fourth-order valence-corrected chi connectivity index (χ4v) is 1.54. The average molecular weight is 262 g/mol. The molecule has 0 saturated carbocycles. The van der Waals surface area contributed by atoms with Gasteiger partial charge in [-0.3, -0.25) is 9.67 Å². The number of rotatable bonds is 4. The minimum absolute atomic E-state index is 0.278. The highest BCUT2D eigenvalue weighted by atomic mass is 32.1. The molecular weight excluding hydrogens is 251 g/mol. The van der Waals surface area contributed by atoms with Crippen LogP contribution < -0.4 is 0 Å². The fourth-order valence-electron chi connectivity index (χ4n) is 1.47. The van der Waals surface area contributed by atoms with Crippen LogP contribution in [0.25, 0.3) is 0 Å². The predicted molar refractivity (Wildman–Crippen MR) is 72.1 cm³/mol. The molecule has 6 heteroatoms. The van der Waals surface area contributed by atoms with Crippen LogP contribution >= 0.6 is 12.2 Å². The van der Waals surface area contributed by atoms with E-state index >= 15 is 0 Å². The maximum atomic E-state index is 13.7. The standard InChI is InChI=1S/C12H11FN4S/c1-9-2-4-14-10(12(9)13)8-17-6-3-11(16-17)15-5-7-18/h2-7H,8H2,1H3. The number of aliphatic imine (C=N–C) groups is 1. The number of hydrogen-bond acceptors (Lipinski definition) is 4. The van der Waals surface area contributed by atoms with Gasteiger partial charge in [0, 0.05) is 30.0 Å². The van der Waals surface area contributed by atoms with Gasteiger partial charge < -0.3 is 0 Å². The zero-order valence-corrected chi connectivity index (χ0v) is 10.6. The van der Waals surface area contributed by atoms with E-state index in [2.05, 4.69) is 27.3 Å². The summed E-state index contributed by atoms with van der Waals surface area (Å²) in [7, 11) is 0. The highest BCUT2D eigenvalue weighted by Crippen LogP contribution is 2.12. The average Bonchev–Trinajstić information content (AvgIpc) is 2.80. The summed E-state index contributed by atoms with van der Waals surface area (Å²) in [5.41, 5.74) is 0.939. The number of aryl methyl sites for hydroxylation is 1. The number of halogens is 1. The van der Waals surface area contributed by atoms with Crippen LogP contribution in [0.3, 0.4) is 0 Å². The van der Waals surface area contributed by atoms with Crippen molar-refractivity contribution >= 4 is 29.6 Å². The van der Waals surface area contributed by atoms with Crippen molar-refractivity contribution in [3.05, 3.63) is 41.6 Å². The molecule has 4 nitrogen and oxygen atoms in total. The van der Waals surface area contributed by atoms with E-state index in [0.29, 0.717) is 17.1 Å². The lowest BCUT2D eigenvalue weighted by atomic mass is 10.2. The van der Waals surface area contributed by atoms with E-state index in [0.717, 1.165) is 0 Å². The Labute approximate surface area is 109 Å². The van der Waals surface area contributed by atoms with E-state index in [9.17, 15) is 4.39 Å². The molecular formula is C12H11FN4S. The van der Waals surface area contributed by atoms with E-state index in [4.69, 9.17) is 0 Å². The molecule has 0 bridgehead atoms. The van der Waals surface area contributed by atoms with Gasteiger partial charge in [0.2, 0.25) is 0 Å². The Kier molecular flexibility index (Phi) is 3.88. The van der Waals surface area contributed by atoms with Crippen LogP contribution in [0.2, 0.25) is 0 Å². The summed E-state index contributed by atoms with van der Waals surface area (Å²) in [6.07, 6.45) is 4.79. The van der Waals surface area contributed by atoms with Gasteiger partial charge >= 0.3 is 0 Å². The molecule has 0 unspecified atom stereocenters.